The smallest absolute Gasteiger partial charge is 0.354 e. The van der Waals surface area contributed by atoms with E-state index < -0.39 is 5.97 Å². The van der Waals surface area contributed by atoms with E-state index in [2.05, 4.69) is 26.3 Å². The molecule has 0 bridgehead atoms. The van der Waals surface area contributed by atoms with Crippen LogP contribution in [0.1, 0.15) is 10.5 Å². The molecule has 0 saturated carbocycles. The quantitative estimate of drug-likeness (QED) is 0.901. The van der Waals surface area contributed by atoms with Crippen LogP contribution in [0, 0.1) is 0 Å². The molecule has 1 aromatic carbocycles. The highest BCUT2D eigenvalue weighted by molar-refractivity contribution is 9.10. The Labute approximate surface area is 117 Å². The van der Waals surface area contributed by atoms with E-state index in [4.69, 9.17) is 5.11 Å². The predicted octanol–water partition coefficient (Wildman–Crippen LogP) is 1.98. The summed E-state index contributed by atoms with van der Waals surface area (Å²) in [6.45, 7) is -0.157. The summed E-state index contributed by atoms with van der Waals surface area (Å²) < 4.78 is 1.89. The first kappa shape index (κ1) is 13.3. The monoisotopic (exact) mass is 323 g/mol. The van der Waals surface area contributed by atoms with Crippen LogP contribution in [0.15, 0.2) is 41.0 Å². The lowest BCUT2D eigenvalue weighted by atomic mass is 10.3. The van der Waals surface area contributed by atoms with E-state index in [0.29, 0.717) is 5.69 Å². The Hall–Kier alpha value is -2.15. The molecule has 1 heterocycles. The van der Waals surface area contributed by atoms with Gasteiger partial charge in [-0.3, -0.25) is 4.79 Å². The van der Waals surface area contributed by atoms with Crippen molar-refractivity contribution in [1.29, 1.82) is 0 Å². The number of nitrogens with zero attached hydrogens (tertiary/aromatic N) is 2. The first-order valence-corrected chi connectivity index (χ1v) is 6.16. The zero-order valence-electron chi connectivity index (χ0n) is 9.71. The Morgan fingerprint density at radius 2 is 2.05 bits per heavy atom. The zero-order valence-corrected chi connectivity index (χ0v) is 11.3. The minimum atomic E-state index is -1.12. The van der Waals surface area contributed by atoms with E-state index in [1.165, 1.54) is 12.3 Å². The molecule has 0 spiro atoms. The summed E-state index contributed by atoms with van der Waals surface area (Å²) in [7, 11) is 0. The van der Waals surface area contributed by atoms with Gasteiger partial charge in [0.15, 0.2) is 0 Å². The third-order valence-electron chi connectivity index (χ3n) is 2.38. The second-order valence-electron chi connectivity index (χ2n) is 3.71. The summed E-state index contributed by atoms with van der Waals surface area (Å²) in [4.78, 5) is 22.7. The number of para-hydroxylation sites is 1. The third-order valence-corrected chi connectivity index (χ3v) is 3.07. The number of halogens is 1. The Kier molecular flexibility index (Phi) is 3.96. The van der Waals surface area contributed by atoms with Crippen LogP contribution in [0.4, 0.5) is 5.69 Å². The second-order valence-corrected chi connectivity index (χ2v) is 4.56. The van der Waals surface area contributed by atoms with Crippen molar-refractivity contribution < 1.29 is 14.7 Å². The maximum absolute atomic E-state index is 11.8. The van der Waals surface area contributed by atoms with Crippen molar-refractivity contribution >= 4 is 33.5 Å². The normalized spacial score (nSPS) is 10.2. The molecule has 2 rings (SSSR count). The van der Waals surface area contributed by atoms with Gasteiger partial charge >= 0.3 is 5.97 Å². The van der Waals surface area contributed by atoms with Gasteiger partial charge in [0.1, 0.15) is 12.2 Å². The third kappa shape index (κ3) is 3.19. The van der Waals surface area contributed by atoms with Crippen molar-refractivity contribution in [2.45, 2.75) is 6.54 Å². The number of carboxylic acids is 1. The number of carbonyl (C=O) groups excluding carboxylic acids is 1. The largest absolute Gasteiger partial charge is 0.477 e. The molecule has 1 amide bonds. The van der Waals surface area contributed by atoms with Gasteiger partial charge in [-0.1, -0.05) is 12.1 Å². The topological polar surface area (TPSA) is 84.2 Å². The fraction of sp³-hybridized carbons (Fsp3) is 0.0833. The molecule has 6 nitrogen and oxygen atoms in total. The molecule has 19 heavy (non-hydrogen) atoms. The fourth-order valence-corrected chi connectivity index (χ4v) is 1.91. The number of anilines is 1. The zero-order chi connectivity index (χ0) is 13.8. The van der Waals surface area contributed by atoms with Crippen LogP contribution < -0.4 is 5.32 Å². The van der Waals surface area contributed by atoms with Crippen LogP contribution in [0.3, 0.4) is 0 Å². The maximum Gasteiger partial charge on any atom is 0.354 e. The molecule has 7 heteroatoms. The van der Waals surface area contributed by atoms with Gasteiger partial charge in [0.25, 0.3) is 0 Å². The van der Waals surface area contributed by atoms with E-state index in [-0.39, 0.29) is 18.1 Å². The molecular weight excluding hydrogens is 314 g/mol. The summed E-state index contributed by atoms with van der Waals surface area (Å²) in [6, 6.07) is 8.50. The van der Waals surface area contributed by atoms with Crippen LogP contribution in [-0.2, 0) is 11.3 Å². The minimum Gasteiger partial charge on any atom is -0.477 e. The number of benzene rings is 1. The molecule has 0 fully saturated rings. The minimum absolute atomic E-state index is 0.0257. The van der Waals surface area contributed by atoms with Crippen molar-refractivity contribution in [3.8, 4) is 0 Å². The van der Waals surface area contributed by atoms with E-state index in [9.17, 15) is 9.59 Å². The summed E-state index contributed by atoms with van der Waals surface area (Å²) >= 11 is 3.31. The molecule has 0 aliphatic rings. The molecule has 0 saturated heterocycles. The highest BCUT2D eigenvalue weighted by Crippen LogP contribution is 2.21. The second kappa shape index (κ2) is 5.66. The molecule has 0 atom stereocenters. The van der Waals surface area contributed by atoms with Gasteiger partial charge in [-0.15, -0.1) is 0 Å². The molecule has 0 unspecified atom stereocenters. The number of carbonyl (C=O) groups is 2. The van der Waals surface area contributed by atoms with E-state index in [1.807, 2.05) is 6.07 Å². The number of aromatic nitrogens is 2. The highest BCUT2D eigenvalue weighted by atomic mass is 79.9. The van der Waals surface area contributed by atoms with E-state index in [0.717, 1.165) is 9.15 Å². The van der Waals surface area contributed by atoms with Crippen LogP contribution in [-0.4, -0.2) is 26.8 Å². The lowest BCUT2D eigenvalue weighted by Gasteiger charge is -2.08. The molecule has 98 valence electrons. The van der Waals surface area contributed by atoms with Gasteiger partial charge in [0.05, 0.1) is 5.69 Å². The van der Waals surface area contributed by atoms with E-state index in [1.54, 1.807) is 18.2 Å². The van der Waals surface area contributed by atoms with Gasteiger partial charge < -0.3 is 10.4 Å². The average Bonchev–Trinajstić information content (AvgIpc) is 2.80. The molecule has 2 N–H and O–H groups in total. The van der Waals surface area contributed by atoms with Gasteiger partial charge in [-0.05, 0) is 34.1 Å². The van der Waals surface area contributed by atoms with Gasteiger partial charge in [0, 0.05) is 10.7 Å². The number of amides is 1. The fourth-order valence-electron chi connectivity index (χ4n) is 1.53. The van der Waals surface area contributed by atoms with Crippen molar-refractivity contribution in [3.05, 3.63) is 46.7 Å². The molecule has 0 aliphatic heterocycles. The van der Waals surface area contributed by atoms with Crippen LogP contribution in [0.2, 0.25) is 0 Å². The first-order chi connectivity index (χ1) is 9.08. The first-order valence-electron chi connectivity index (χ1n) is 5.37. The average molecular weight is 324 g/mol. The molecule has 0 radical (unpaired) electrons. The molecular formula is C12H10BrN3O3. The summed E-state index contributed by atoms with van der Waals surface area (Å²) in [5, 5.41) is 15.4. The molecule has 0 aliphatic carbocycles. The van der Waals surface area contributed by atoms with E-state index >= 15 is 0 Å². The van der Waals surface area contributed by atoms with Crippen molar-refractivity contribution in [3.63, 3.8) is 0 Å². The van der Waals surface area contributed by atoms with Crippen molar-refractivity contribution in [1.82, 2.24) is 9.78 Å². The number of aromatic carboxylic acids is 1. The number of carboxylic acid groups (broad SMARTS) is 1. The summed E-state index contributed by atoms with van der Waals surface area (Å²) in [5.41, 5.74) is 0.596. The lowest BCUT2D eigenvalue weighted by Crippen LogP contribution is -2.22. The molecule has 2 aromatic rings. The summed E-state index contributed by atoms with van der Waals surface area (Å²) in [5.74, 6) is -1.47. The van der Waals surface area contributed by atoms with Gasteiger partial charge in [0.2, 0.25) is 5.91 Å². The Balaban J connectivity index is 2.08. The van der Waals surface area contributed by atoms with Crippen molar-refractivity contribution in [2.24, 2.45) is 0 Å². The lowest BCUT2D eigenvalue weighted by molar-refractivity contribution is -0.116. The number of rotatable bonds is 4. The Bertz CT molecular complexity index is 624. The number of nitrogens with one attached hydrogen (secondary N) is 1. The Morgan fingerprint density at radius 1 is 1.32 bits per heavy atom. The molecule has 1 aromatic heterocycles. The predicted molar refractivity (Wildman–Crippen MR) is 72.0 cm³/mol. The van der Waals surface area contributed by atoms with Crippen LogP contribution in [0.25, 0.3) is 0 Å². The standard InChI is InChI=1S/C12H10BrN3O3/c13-8-3-1-2-4-9(8)15-11(17)7-16-10(12(18)19)5-6-14-16/h1-6H,7H2,(H,15,17)(H,18,19). The van der Waals surface area contributed by atoms with Crippen LogP contribution in [0.5, 0.6) is 0 Å². The SMILES string of the molecule is O=C(Cn1nccc1C(=O)O)Nc1ccccc1Br. The Morgan fingerprint density at radius 3 is 2.74 bits per heavy atom. The maximum atomic E-state index is 11.8. The number of hydrogen-bond acceptors (Lipinski definition) is 3. The van der Waals surface area contributed by atoms with Gasteiger partial charge in [-0.2, -0.15) is 5.10 Å². The highest BCUT2D eigenvalue weighted by Gasteiger charge is 2.13. The van der Waals surface area contributed by atoms with Crippen LogP contribution >= 0.6 is 15.9 Å². The summed E-state index contributed by atoms with van der Waals surface area (Å²) in [6.07, 6.45) is 1.34. The van der Waals surface area contributed by atoms with Crippen molar-refractivity contribution in [2.75, 3.05) is 5.32 Å². The number of hydrogen-bond donors (Lipinski definition) is 2. The van der Waals surface area contributed by atoms with Gasteiger partial charge in [-0.25, -0.2) is 9.48 Å².